The van der Waals surface area contributed by atoms with Gasteiger partial charge in [-0.1, -0.05) is 35.3 Å². The molecule has 154 valence electrons. The molecule has 0 atom stereocenters. The molecule has 1 aliphatic heterocycles. The second-order valence-electron chi connectivity index (χ2n) is 7.13. The Morgan fingerprint density at radius 3 is 2.48 bits per heavy atom. The minimum Gasteiger partial charge on any atom is -0.353 e. The van der Waals surface area contributed by atoms with Crippen molar-refractivity contribution in [3.63, 3.8) is 0 Å². The molecule has 1 aromatic heterocycles. The molecule has 0 saturated carbocycles. The van der Waals surface area contributed by atoms with E-state index in [1.165, 1.54) is 0 Å². The fourth-order valence-corrected chi connectivity index (χ4v) is 3.62. The number of piperidine rings is 1. The van der Waals surface area contributed by atoms with Crippen LogP contribution in [0, 0.1) is 0 Å². The van der Waals surface area contributed by atoms with E-state index in [0.29, 0.717) is 15.9 Å². The lowest BCUT2D eigenvalue weighted by atomic mass is 10.0. The number of pyridine rings is 1. The Kier molecular flexibility index (Phi) is 7.86. The second kappa shape index (κ2) is 10.6. The molecule has 29 heavy (non-hydrogen) atoms. The van der Waals surface area contributed by atoms with Crippen LogP contribution in [0.4, 0.5) is 5.82 Å². The van der Waals surface area contributed by atoms with E-state index >= 15 is 0 Å². The Morgan fingerprint density at radius 1 is 1.03 bits per heavy atom. The van der Waals surface area contributed by atoms with Crippen molar-refractivity contribution >= 4 is 40.8 Å². The minimum absolute atomic E-state index is 0.0934. The van der Waals surface area contributed by atoms with Gasteiger partial charge in [0, 0.05) is 44.7 Å². The number of anilines is 1. The SMILES string of the molecule is O=C(CCC(=O)NC1CCN(Cc2ccc(Cl)c(Cl)c2)CC1)Nc1ccccn1. The standard InChI is InChI=1S/C21H24Cl2N4O2/c22-17-5-4-15(13-18(17)23)14-27-11-8-16(9-12-27)25-20(28)6-7-21(29)26-19-3-1-2-10-24-19/h1-5,10,13,16H,6-9,11-12,14H2,(H,25,28)(H,24,26,29). The van der Waals surface area contributed by atoms with E-state index in [2.05, 4.69) is 20.5 Å². The van der Waals surface area contributed by atoms with Gasteiger partial charge in [0.05, 0.1) is 10.0 Å². The Balaban J connectivity index is 1.35. The number of benzene rings is 1. The van der Waals surface area contributed by atoms with Crippen LogP contribution in [0.1, 0.15) is 31.2 Å². The summed E-state index contributed by atoms with van der Waals surface area (Å²) in [5, 5.41) is 6.85. The van der Waals surface area contributed by atoms with E-state index < -0.39 is 0 Å². The van der Waals surface area contributed by atoms with E-state index in [0.717, 1.165) is 38.0 Å². The Bertz CT molecular complexity index is 840. The normalized spacial score (nSPS) is 15.1. The molecule has 1 aliphatic rings. The molecule has 3 rings (SSSR count). The molecule has 1 aromatic carbocycles. The molecular formula is C21H24Cl2N4O2. The van der Waals surface area contributed by atoms with Gasteiger partial charge in [0.1, 0.15) is 5.82 Å². The molecule has 2 heterocycles. The molecule has 0 aliphatic carbocycles. The first kappa shape index (κ1) is 21.6. The summed E-state index contributed by atoms with van der Waals surface area (Å²) in [4.78, 5) is 30.4. The van der Waals surface area contributed by atoms with E-state index in [-0.39, 0.29) is 30.7 Å². The largest absolute Gasteiger partial charge is 0.353 e. The van der Waals surface area contributed by atoms with Gasteiger partial charge in [-0.05, 0) is 42.7 Å². The summed E-state index contributed by atoms with van der Waals surface area (Å²) in [6.07, 6.45) is 3.68. The number of halogens is 2. The van der Waals surface area contributed by atoms with Gasteiger partial charge in [0.15, 0.2) is 0 Å². The first-order valence-electron chi connectivity index (χ1n) is 9.66. The van der Waals surface area contributed by atoms with E-state index in [1.54, 1.807) is 24.4 Å². The quantitative estimate of drug-likeness (QED) is 0.692. The van der Waals surface area contributed by atoms with Gasteiger partial charge in [0.25, 0.3) is 0 Å². The molecular weight excluding hydrogens is 411 g/mol. The molecule has 1 saturated heterocycles. The highest BCUT2D eigenvalue weighted by Gasteiger charge is 2.21. The maximum Gasteiger partial charge on any atom is 0.226 e. The zero-order chi connectivity index (χ0) is 20.6. The number of hydrogen-bond donors (Lipinski definition) is 2. The third-order valence-electron chi connectivity index (χ3n) is 4.85. The van der Waals surface area contributed by atoms with Crippen LogP contribution < -0.4 is 10.6 Å². The van der Waals surface area contributed by atoms with Crippen molar-refractivity contribution in [2.45, 2.75) is 38.3 Å². The predicted molar refractivity (Wildman–Crippen MR) is 115 cm³/mol. The van der Waals surface area contributed by atoms with Gasteiger partial charge in [-0.2, -0.15) is 0 Å². The fraction of sp³-hybridized carbons (Fsp3) is 0.381. The van der Waals surface area contributed by atoms with Crippen LogP contribution in [0.15, 0.2) is 42.6 Å². The third-order valence-corrected chi connectivity index (χ3v) is 5.59. The number of aromatic nitrogens is 1. The number of hydrogen-bond acceptors (Lipinski definition) is 4. The smallest absolute Gasteiger partial charge is 0.226 e. The van der Waals surface area contributed by atoms with Gasteiger partial charge in [-0.3, -0.25) is 14.5 Å². The van der Waals surface area contributed by atoms with Crippen LogP contribution in [0.3, 0.4) is 0 Å². The Hall–Kier alpha value is -2.15. The Morgan fingerprint density at radius 2 is 1.79 bits per heavy atom. The van der Waals surface area contributed by atoms with Crippen molar-refractivity contribution in [3.05, 3.63) is 58.2 Å². The van der Waals surface area contributed by atoms with Crippen LogP contribution in [0.2, 0.25) is 10.0 Å². The second-order valence-corrected chi connectivity index (χ2v) is 7.94. The summed E-state index contributed by atoms with van der Waals surface area (Å²) in [7, 11) is 0. The van der Waals surface area contributed by atoms with Gasteiger partial charge >= 0.3 is 0 Å². The number of carbonyl (C=O) groups excluding carboxylic acids is 2. The molecule has 2 N–H and O–H groups in total. The highest BCUT2D eigenvalue weighted by atomic mass is 35.5. The van der Waals surface area contributed by atoms with Crippen molar-refractivity contribution in [3.8, 4) is 0 Å². The number of nitrogens with one attached hydrogen (secondary N) is 2. The van der Waals surface area contributed by atoms with Gasteiger partial charge in [-0.15, -0.1) is 0 Å². The number of amides is 2. The third kappa shape index (κ3) is 6.99. The zero-order valence-electron chi connectivity index (χ0n) is 16.0. The number of likely N-dealkylation sites (tertiary alicyclic amines) is 1. The maximum absolute atomic E-state index is 12.2. The maximum atomic E-state index is 12.2. The molecule has 1 fully saturated rings. The van der Waals surface area contributed by atoms with E-state index in [4.69, 9.17) is 23.2 Å². The topological polar surface area (TPSA) is 74.3 Å². The first-order valence-corrected chi connectivity index (χ1v) is 10.4. The summed E-state index contributed by atoms with van der Waals surface area (Å²) >= 11 is 12.0. The monoisotopic (exact) mass is 434 g/mol. The first-order chi connectivity index (χ1) is 14.0. The van der Waals surface area contributed by atoms with Crippen molar-refractivity contribution in [1.82, 2.24) is 15.2 Å². The number of carbonyl (C=O) groups is 2. The lowest BCUT2D eigenvalue weighted by molar-refractivity contribution is -0.125. The summed E-state index contributed by atoms with van der Waals surface area (Å²) in [5.74, 6) is 0.187. The van der Waals surface area contributed by atoms with Gasteiger partial charge < -0.3 is 10.6 Å². The highest BCUT2D eigenvalue weighted by molar-refractivity contribution is 6.42. The highest BCUT2D eigenvalue weighted by Crippen LogP contribution is 2.24. The van der Waals surface area contributed by atoms with Gasteiger partial charge in [-0.25, -0.2) is 4.98 Å². The lowest BCUT2D eigenvalue weighted by Crippen LogP contribution is -2.44. The molecule has 2 aromatic rings. The van der Waals surface area contributed by atoms with E-state index in [1.807, 2.05) is 18.2 Å². The van der Waals surface area contributed by atoms with Crippen molar-refractivity contribution in [1.29, 1.82) is 0 Å². The van der Waals surface area contributed by atoms with Crippen LogP contribution in [-0.2, 0) is 16.1 Å². The average molecular weight is 435 g/mol. The molecule has 0 unspecified atom stereocenters. The van der Waals surface area contributed by atoms with E-state index in [9.17, 15) is 9.59 Å². The zero-order valence-corrected chi connectivity index (χ0v) is 17.5. The molecule has 2 amide bonds. The van der Waals surface area contributed by atoms with Crippen LogP contribution in [0.5, 0.6) is 0 Å². The summed E-state index contributed by atoms with van der Waals surface area (Å²) in [5.41, 5.74) is 1.13. The molecule has 8 heteroatoms. The molecule has 0 spiro atoms. The summed E-state index contributed by atoms with van der Waals surface area (Å²) in [6, 6.07) is 11.1. The summed E-state index contributed by atoms with van der Waals surface area (Å²) in [6.45, 7) is 2.60. The average Bonchev–Trinajstić information content (AvgIpc) is 2.71. The van der Waals surface area contributed by atoms with Crippen LogP contribution in [-0.4, -0.2) is 40.8 Å². The molecule has 0 bridgehead atoms. The van der Waals surface area contributed by atoms with Crippen molar-refractivity contribution in [2.75, 3.05) is 18.4 Å². The van der Waals surface area contributed by atoms with Gasteiger partial charge in [0.2, 0.25) is 11.8 Å². The van der Waals surface area contributed by atoms with Crippen molar-refractivity contribution in [2.24, 2.45) is 0 Å². The van der Waals surface area contributed by atoms with Crippen LogP contribution in [0.25, 0.3) is 0 Å². The lowest BCUT2D eigenvalue weighted by Gasteiger charge is -2.32. The fourth-order valence-electron chi connectivity index (χ4n) is 3.30. The number of nitrogens with zero attached hydrogens (tertiary/aromatic N) is 2. The minimum atomic E-state index is -0.213. The summed E-state index contributed by atoms with van der Waals surface area (Å²) < 4.78 is 0. The van der Waals surface area contributed by atoms with Crippen molar-refractivity contribution < 1.29 is 9.59 Å². The number of rotatable bonds is 7. The predicted octanol–water partition coefficient (Wildman–Crippen LogP) is 3.89. The Labute approximate surface area is 180 Å². The molecule has 0 radical (unpaired) electrons. The molecule has 6 nitrogen and oxygen atoms in total. The van der Waals surface area contributed by atoms with Crippen LogP contribution >= 0.6 is 23.2 Å².